The third-order valence-corrected chi connectivity index (χ3v) is 4.39. The van der Waals surface area contributed by atoms with E-state index in [0.29, 0.717) is 18.7 Å². The van der Waals surface area contributed by atoms with Crippen LogP contribution in [0.3, 0.4) is 0 Å². The summed E-state index contributed by atoms with van der Waals surface area (Å²) in [7, 11) is -3.42. The number of para-hydroxylation sites is 1. The minimum Gasteiger partial charge on any atom is -0.487 e. The number of likely N-dealkylation sites (tertiary alicyclic amines) is 1. The summed E-state index contributed by atoms with van der Waals surface area (Å²) in [5.41, 5.74) is -1.21. The molecular weight excluding hydrogens is 320 g/mol. The lowest BCUT2D eigenvalue weighted by atomic mass is 9.91. The number of ether oxygens (including phenoxy) is 1. The zero-order valence-electron chi connectivity index (χ0n) is 13.2. The highest BCUT2D eigenvalue weighted by Crippen LogP contribution is 2.26. The predicted octanol–water partition coefficient (Wildman–Crippen LogP) is -0.0335. The number of carbonyl (C=O) groups excluding carboxylic acids is 1. The van der Waals surface area contributed by atoms with Crippen molar-refractivity contribution in [3.05, 3.63) is 30.3 Å². The van der Waals surface area contributed by atoms with Crippen LogP contribution in [0.5, 0.6) is 5.75 Å². The van der Waals surface area contributed by atoms with Crippen molar-refractivity contribution >= 4 is 15.9 Å². The minimum atomic E-state index is -3.42. The first-order chi connectivity index (χ1) is 10.7. The van der Waals surface area contributed by atoms with Crippen LogP contribution < -0.4 is 9.46 Å². The number of benzene rings is 1. The van der Waals surface area contributed by atoms with Gasteiger partial charge < -0.3 is 14.7 Å². The van der Waals surface area contributed by atoms with E-state index < -0.39 is 21.7 Å². The fourth-order valence-corrected chi connectivity index (χ4v) is 2.90. The summed E-state index contributed by atoms with van der Waals surface area (Å²) < 4.78 is 30.1. The molecule has 1 heterocycles. The molecule has 1 aliphatic heterocycles. The fourth-order valence-electron chi connectivity index (χ4n) is 2.52. The molecule has 0 bridgehead atoms. The minimum absolute atomic E-state index is 0.0920. The van der Waals surface area contributed by atoms with Crippen LogP contribution in [-0.2, 0) is 14.8 Å². The molecule has 1 aromatic carbocycles. The monoisotopic (exact) mass is 342 g/mol. The van der Waals surface area contributed by atoms with Crippen molar-refractivity contribution in [1.82, 2.24) is 9.62 Å². The number of hydrogen-bond acceptors (Lipinski definition) is 5. The molecule has 0 radical (unpaired) electrons. The molecule has 2 atom stereocenters. The van der Waals surface area contributed by atoms with Gasteiger partial charge in [-0.3, -0.25) is 4.79 Å². The number of aliphatic hydroxyl groups is 1. The van der Waals surface area contributed by atoms with Gasteiger partial charge in [-0.15, -0.1) is 0 Å². The van der Waals surface area contributed by atoms with Crippen LogP contribution in [0.1, 0.15) is 13.3 Å². The van der Waals surface area contributed by atoms with E-state index >= 15 is 0 Å². The van der Waals surface area contributed by atoms with Crippen molar-refractivity contribution < 1.29 is 23.1 Å². The number of piperidine rings is 1. The van der Waals surface area contributed by atoms with E-state index in [1.807, 2.05) is 30.3 Å². The maximum absolute atomic E-state index is 12.0. The number of carbonyl (C=O) groups is 1. The third kappa shape index (κ3) is 5.19. The molecule has 0 unspecified atom stereocenters. The van der Waals surface area contributed by atoms with Gasteiger partial charge in [-0.2, -0.15) is 0 Å². The summed E-state index contributed by atoms with van der Waals surface area (Å²) in [5.74, 6) is 0.296. The third-order valence-electron chi connectivity index (χ3n) is 3.73. The number of rotatable bonds is 5. The topological polar surface area (TPSA) is 95.9 Å². The van der Waals surface area contributed by atoms with Crippen LogP contribution in [0.15, 0.2) is 30.3 Å². The lowest BCUT2D eigenvalue weighted by molar-refractivity contribution is -0.144. The number of sulfonamides is 1. The molecule has 0 saturated carbocycles. The highest BCUT2D eigenvalue weighted by Gasteiger charge is 2.41. The Bertz CT molecular complexity index is 645. The Labute approximate surface area is 136 Å². The highest BCUT2D eigenvalue weighted by atomic mass is 32.2. The maximum atomic E-state index is 12.0. The standard InChI is InChI=1S/C15H22N2O5S/c1-15(19)11-17(14(18)10-16-23(2,20)21)9-8-13(15)22-12-6-4-3-5-7-12/h3-7,13,16,19H,8-11H2,1-2H3/t13-,15-/m0/s1. The Morgan fingerprint density at radius 3 is 2.65 bits per heavy atom. The largest absolute Gasteiger partial charge is 0.487 e. The van der Waals surface area contributed by atoms with Gasteiger partial charge in [-0.25, -0.2) is 13.1 Å². The number of nitrogens with zero attached hydrogens (tertiary/aromatic N) is 1. The van der Waals surface area contributed by atoms with E-state index in [1.54, 1.807) is 6.92 Å². The molecule has 1 fully saturated rings. The lowest BCUT2D eigenvalue weighted by Gasteiger charge is -2.42. The molecule has 1 saturated heterocycles. The normalized spacial score (nSPS) is 25.2. The molecule has 0 spiro atoms. The van der Waals surface area contributed by atoms with E-state index in [2.05, 4.69) is 4.72 Å². The molecule has 8 heteroatoms. The van der Waals surface area contributed by atoms with Gasteiger partial charge in [0.2, 0.25) is 15.9 Å². The first kappa shape index (κ1) is 17.7. The molecule has 0 aliphatic carbocycles. The molecular formula is C15H22N2O5S. The second-order valence-electron chi connectivity index (χ2n) is 5.97. The first-order valence-corrected chi connectivity index (χ1v) is 9.23. The van der Waals surface area contributed by atoms with Gasteiger partial charge in [0.1, 0.15) is 17.5 Å². The quantitative estimate of drug-likeness (QED) is 0.783. The van der Waals surface area contributed by atoms with Gasteiger partial charge in [0.05, 0.1) is 19.3 Å². The smallest absolute Gasteiger partial charge is 0.237 e. The Balaban J connectivity index is 1.95. The predicted molar refractivity (Wildman–Crippen MR) is 85.5 cm³/mol. The van der Waals surface area contributed by atoms with Crippen LogP contribution in [0.25, 0.3) is 0 Å². The summed E-state index contributed by atoms with van der Waals surface area (Å²) in [5, 5.41) is 10.6. The molecule has 2 rings (SSSR count). The fraction of sp³-hybridized carbons (Fsp3) is 0.533. The van der Waals surface area contributed by atoms with Crippen LogP contribution in [-0.4, -0.2) is 61.9 Å². The van der Waals surface area contributed by atoms with Crippen LogP contribution in [0, 0.1) is 0 Å². The van der Waals surface area contributed by atoms with Crippen molar-refractivity contribution in [1.29, 1.82) is 0 Å². The average molecular weight is 342 g/mol. The zero-order valence-corrected chi connectivity index (χ0v) is 14.0. The van der Waals surface area contributed by atoms with Crippen LogP contribution in [0.4, 0.5) is 0 Å². The molecule has 1 amide bonds. The lowest BCUT2D eigenvalue weighted by Crippen LogP contribution is -2.59. The summed E-state index contributed by atoms with van der Waals surface area (Å²) >= 11 is 0. The highest BCUT2D eigenvalue weighted by molar-refractivity contribution is 7.88. The number of hydrogen-bond donors (Lipinski definition) is 2. The number of β-amino-alcohol motifs (C(OH)–C–C–N with tert-alkyl or cyclic N) is 1. The molecule has 128 valence electrons. The van der Waals surface area contributed by atoms with Crippen molar-refractivity contribution in [2.24, 2.45) is 0 Å². The average Bonchev–Trinajstić information content (AvgIpc) is 2.47. The van der Waals surface area contributed by atoms with Crippen LogP contribution in [0.2, 0.25) is 0 Å². The van der Waals surface area contributed by atoms with Crippen LogP contribution >= 0.6 is 0 Å². The molecule has 0 aromatic heterocycles. The van der Waals surface area contributed by atoms with Gasteiger partial charge in [-0.1, -0.05) is 18.2 Å². The van der Waals surface area contributed by atoms with Crippen molar-refractivity contribution in [2.45, 2.75) is 25.0 Å². The Hall–Kier alpha value is -1.64. The van der Waals surface area contributed by atoms with Gasteiger partial charge >= 0.3 is 0 Å². The number of nitrogens with one attached hydrogen (secondary N) is 1. The van der Waals surface area contributed by atoms with Gasteiger partial charge in [0.25, 0.3) is 0 Å². The maximum Gasteiger partial charge on any atom is 0.237 e. The van der Waals surface area contributed by atoms with Gasteiger partial charge in [0, 0.05) is 13.0 Å². The number of amides is 1. The molecule has 1 aliphatic rings. The van der Waals surface area contributed by atoms with Crippen molar-refractivity contribution in [2.75, 3.05) is 25.9 Å². The van der Waals surface area contributed by atoms with E-state index in [9.17, 15) is 18.3 Å². The summed E-state index contributed by atoms with van der Waals surface area (Å²) in [4.78, 5) is 13.5. The zero-order chi connectivity index (χ0) is 17.1. The molecule has 1 aromatic rings. The molecule has 7 nitrogen and oxygen atoms in total. The first-order valence-electron chi connectivity index (χ1n) is 7.34. The van der Waals surface area contributed by atoms with Crippen molar-refractivity contribution in [3.63, 3.8) is 0 Å². The Morgan fingerprint density at radius 1 is 1.43 bits per heavy atom. The summed E-state index contributed by atoms with van der Waals surface area (Å²) in [6.45, 7) is 1.80. The van der Waals surface area contributed by atoms with E-state index in [-0.39, 0.29) is 19.0 Å². The van der Waals surface area contributed by atoms with Gasteiger partial charge in [0.15, 0.2) is 0 Å². The van der Waals surface area contributed by atoms with E-state index in [4.69, 9.17) is 4.74 Å². The van der Waals surface area contributed by atoms with E-state index in [1.165, 1.54) is 4.90 Å². The second-order valence-corrected chi connectivity index (χ2v) is 7.81. The summed E-state index contributed by atoms with van der Waals surface area (Å²) in [6.07, 6.45) is 1.03. The van der Waals surface area contributed by atoms with Gasteiger partial charge in [-0.05, 0) is 19.1 Å². The Morgan fingerprint density at radius 2 is 2.09 bits per heavy atom. The second kappa shape index (κ2) is 6.86. The SMILES string of the molecule is C[C@]1(O)CN(C(=O)CNS(C)(=O)=O)CC[C@@H]1Oc1ccccc1. The summed E-state index contributed by atoms with van der Waals surface area (Å²) in [6, 6.07) is 9.19. The molecule has 2 N–H and O–H groups in total. The Kier molecular flexibility index (Phi) is 5.28. The van der Waals surface area contributed by atoms with E-state index in [0.717, 1.165) is 6.26 Å². The molecule has 23 heavy (non-hydrogen) atoms. The van der Waals surface area contributed by atoms with Crippen molar-refractivity contribution in [3.8, 4) is 5.75 Å².